The third kappa shape index (κ3) is 6.13. The molecule has 0 aliphatic carbocycles. The number of rotatable bonds is 5. The molecule has 0 saturated carbocycles. The standard InChI is InChI=1S/C15H24N2O2/c1-11(2)16-15(17-12(3)4)19-10-13-6-8-14(18-5)9-7-13/h6-9,11-12H,10H2,1-5H3,(H,16,17). The van der Waals surface area contributed by atoms with Crippen molar-refractivity contribution in [3.05, 3.63) is 29.8 Å². The van der Waals surface area contributed by atoms with Crippen LogP contribution in [0.15, 0.2) is 29.3 Å². The summed E-state index contributed by atoms with van der Waals surface area (Å²) in [5.41, 5.74) is 1.09. The maximum atomic E-state index is 5.72. The average molecular weight is 264 g/mol. The average Bonchev–Trinajstić information content (AvgIpc) is 2.35. The second-order valence-corrected chi connectivity index (χ2v) is 4.96. The quantitative estimate of drug-likeness (QED) is 0.656. The van der Waals surface area contributed by atoms with Gasteiger partial charge in [-0.2, -0.15) is 0 Å². The van der Waals surface area contributed by atoms with E-state index in [2.05, 4.69) is 24.2 Å². The van der Waals surface area contributed by atoms with Crippen LogP contribution in [0.5, 0.6) is 5.75 Å². The van der Waals surface area contributed by atoms with Crippen LogP contribution in [0, 0.1) is 0 Å². The minimum absolute atomic E-state index is 0.206. The summed E-state index contributed by atoms with van der Waals surface area (Å²) >= 11 is 0. The largest absolute Gasteiger partial charge is 0.497 e. The van der Waals surface area contributed by atoms with Gasteiger partial charge in [0.05, 0.1) is 7.11 Å². The zero-order chi connectivity index (χ0) is 14.3. The van der Waals surface area contributed by atoms with E-state index in [0.29, 0.717) is 18.7 Å². The summed E-state index contributed by atoms with van der Waals surface area (Å²) in [6.45, 7) is 8.67. The highest BCUT2D eigenvalue weighted by Gasteiger charge is 2.04. The highest BCUT2D eigenvalue weighted by atomic mass is 16.5. The first-order chi connectivity index (χ1) is 9.01. The summed E-state index contributed by atoms with van der Waals surface area (Å²) in [6.07, 6.45) is 0. The van der Waals surface area contributed by atoms with Gasteiger partial charge in [0.25, 0.3) is 6.02 Å². The lowest BCUT2D eigenvalue weighted by atomic mass is 10.2. The summed E-state index contributed by atoms with van der Waals surface area (Å²) in [5, 5.41) is 3.21. The number of aliphatic imine (C=N–C) groups is 1. The molecule has 0 atom stereocenters. The van der Waals surface area contributed by atoms with Crippen LogP contribution < -0.4 is 10.1 Å². The monoisotopic (exact) mass is 264 g/mol. The lowest BCUT2D eigenvalue weighted by Gasteiger charge is -2.15. The summed E-state index contributed by atoms with van der Waals surface area (Å²) in [5.74, 6) is 0.847. The van der Waals surface area contributed by atoms with Gasteiger partial charge in [-0.25, -0.2) is 4.99 Å². The topological polar surface area (TPSA) is 42.9 Å². The van der Waals surface area contributed by atoms with Gasteiger partial charge in [0.15, 0.2) is 0 Å². The molecule has 1 aromatic carbocycles. The molecule has 0 aliphatic heterocycles. The van der Waals surface area contributed by atoms with Gasteiger partial charge in [-0.1, -0.05) is 12.1 Å². The Labute approximate surface area is 115 Å². The van der Waals surface area contributed by atoms with Crippen molar-refractivity contribution in [2.45, 2.75) is 46.4 Å². The zero-order valence-corrected chi connectivity index (χ0v) is 12.4. The van der Waals surface area contributed by atoms with Gasteiger partial charge in [-0.05, 0) is 45.4 Å². The number of hydrogen-bond acceptors (Lipinski definition) is 3. The number of amidine groups is 1. The summed E-state index contributed by atoms with van der Waals surface area (Å²) < 4.78 is 10.8. The molecule has 0 saturated heterocycles. The van der Waals surface area contributed by atoms with Crippen molar-refractivity contribution in [1.82, 2.24) is 5.32 Å². The van der Waals surface area contributed by atoms with Gasteiger partial charge in [0.1, 0.15) is 12.4 Å². The molecule has 0 aromatic heterocycles. The SMILES string of the molecule is COc1ccc(COC(=NC(C)C)NC(C)C)cc1. The fourth-order valence-corrected chi connectivity index (χ4v) is 1.47. The lowest BCUT2D eigenvalue weighted by molar-refractivity contribution is 0.270. The molecule has 0 bridgehead atoms. The van der Waals surface area contributed by atoms with Crippen LogP contribution in [0.2, 0.25) is 0 Å². The fraction of sp³-hybridized carbons (Fsp3) is 0.533. The van der Waals surface area contributed by atoms with Crippen molar-refractivity contribution < 1.29 is 9.47 Å². The predicted octanol–water partition coefficient (Wildman–Crippen LogP) is 2.97. The summed E-state index contributed by atoms with van der Waals surface area (Å²) in [7, 11) is 1.66. The minimum Gasteiger partial charge on any atom is -0.497 e. The molecule has 0 radical (unpaired) electrons. The molecule has 0 fully saturated rings. The van der Waals surface area contributed by atoms with Crippen LogP contribution >= 0.6 is 0 Å². The number of ether oxygens (including phenoxy) is 2. The van der Waals surface area contributed by atoms with E-state index in [1.807, 2.05) is 38.1 Å². The van der Waals surface area contributed by atoms with Crippen molar-refractivity contribution in [2.24, 2.45) is 4.99 Å². The number of benzene rings is 1. The molecule has 1 N–H and O–H groups in total. The van der Waals surface area contributed by atoms with Crippen LogP contribution in [0.4, 0.5) is 0 Å². The molecular formula is C15H24N2O2. The molecule has 106 valence electrons. The van der Waals surface area contributed by atoms with Gasteiger partial charge in [-0.3, -0.25) is 0 Å². The third-order valence-electron chi connectivity index (χ3n) is 2.32. The Hall–Kier alpha value is -1.71. The van der Waals surface area contributed by atoms with Crippen molar-refractivity contribution in [3.63, 3.8) is 0 Å². The van der Waals surface area contributed by atoms with E-state index in [9.17, 15) is 0 Å². The first-order valence-corrected chi connectivity index (χ1v) is 6.61. The maximum Gasteiger partial charge on any atom is 0.285 e. The molecule has 0 heterocycles. The lowest BCUT2D eigenvalue weighted by Crippen LogP contribution is -2.33. The van der Waals surface area contributed by atoms with Gasteiger partial charge in [0, 0.05) is 12.1 Å². The van der Waals surface area contributed by atoms with E-state index >= 15 is 0 Å². The van der Waals surface area contributed by atoms with E-state index < -0.39 is 0 Å². The van der Waals surface area contributed by atoms with Crippen LogP contribution in [0.1, 0.15) is 33.3 Å². The Morgan fingerprint density at radius 1 is 1.16 bits per heavy atom. The molecule has 1 aromatic rings. The molecule has 0 aliphatic rings. The second-order valence-electron chi connectivity index (χ2n) is 4.96. The second kappa shape index (κ2) is 7.67. The van der Waals surface area contributed by atoms with E-state index in [4.69, 9.17) is 9.47 Å². The van der Waals surface area contributed by atoms with Gasteiger partial charge in [0.2, 0.25) is 0 Å². The van der Waals surface area contributed by atoms with Crippen LogP contribution in [0.3, 0.4) is 0 Å². The van der Waals surface area contributed by atoms with Gasteiger partial charge >= 0.3 is 0 Å². The predicted molar refractivity (Wildman–Crippen MR) is 78.6 cm³/mol. The Balaban J connectivity index is 2.59. The highest BCUT2D eigenvalue weighted by molar-refractivity contribution is 5.74. The molecule has 0 unspecified atom stereocenters. The smallest absolute Gasteiger partial charge is 0.285 e. The van der Waals surface area contributed by atoms with Crippen LogP contribution in [-0.4, -0.2) is 25.2 Å². The number of hydrogen-bond donors (Lipinski definition) is 1. The van der Waals surface area contributed by atoms with Crippen LogP contribution in [0.25, 0.3) is 0 Å². The van der Waals surface area contributed by atoms with Crippen molar-refractivity contribution >= 4 is 6.02 Å². The normalized spacial score (nSPS) is 11.8. The summed E-state index contributed by atoms with van der Waals surface area (Å²) in [4.78, 5) is 4.42. The first kappa shape index (κ1) is 15.3. The molecule has 4 nitrogen and oxygen atoms in total. The Morgan fingerprint density at radius 3 is 2.26 bits per heavy atom. The van der Waals surface area contributed by atoms with E-state index in [0.717, 1.165) is 11.3 Å². The number of methoxy groups -OCH3 is 1. The van der Waals surface area contributed by atoms with E-state index in [1.165, 1.54) is 0 Å². The Morgan fingerprint density at radius 2 is 1.79 bits per heavy atom. The van der Waals surface area contributed by atoms with Crippen LogP contribution in [-0.2, 0) is 11.3 Å². The van der Waals surface area contributed by atoms with Gasteiger partial charge < -0.3 is 14.8 Å². The van der Waals surface area contributed by atoms with Crippen molar-refractivity contribution in [2.75, 3.05) is 7.11 Å². The van der Waals surface area contributed by atoms with E-state index in [-0.39, 0.29) is 6.04 Å². The van der Waals surface area contributed by atoms with E-state index in [1.54, 1.807) is 7.11 Å². The van der Waals surface area contributed by atoms with Crippen molar-refractivity contribution in [3.8, 4) is 5.75 Å². The maximum absolute atomic E-state index is 5.72. The Bertz CT molecular complexity index is 397. The fourth-order valence-electron chi connectivity index (χ4n) is 1.47. The first-order valence-electron chi connectivity index (χ1n) is 6.61. The third-order valence-corrected chi connectivity index (χ3v) is 2.32. The number of nitrogens with zero attached hydrogens (tertiary/aromatic N) is 1. The van der Waals surface area contributed by atoms with Crippen molar-refractivity contribution in [1.29, 1.82) is 0 Å². The minimum atomic E-state index is 0.206. The molecule has 19 heavy (non-hydrogen) atoms. The molecule has 1 rings (SSSR count). The number of nitrogens with one attached hydrogen (secondary N) is 1. The Kier molecular flexibility index (Phi) is 6.19. The molecule has 0 amide bonds. The zero-order valence-electron chi connectivity index (χ0n) is 12.4. The van der Waals surface area contributed by atoms with Gasteiger partial charge in [-0.15, -0.1) is 0 Å². The highest BCUT2D eigenvalue weighted by Crippen LogP contribution is 2.12. The molecular weight excluding hydrogens is 240 g/mol. The molecule has 4 heteroatoms. The summed E-state index contributed by atoms with van der Waals surface area (Å²) in [6, 6.07) is 8.93. The molecule has 0 spiro atoms.